The van der Waals surface area contributed by atoms with Crippen molar-refractivity contribution in [3.05, 3.63) is 0 Å². The van der Waals surface area contributed by atoms with Crippen LogP contribution in [0.4, 0.5) is 0 Å². The van der Waals surface area contributed by atoms with Crippen molar-refractivity contribution in [2.45, 2.75) is 46.1 Å². The van der Waals surface area contributed by atoms with E-state index in [4.69, 9.17) is 0 Å². The molecule has 2 nitrogen and oxygen atoms in total. The van der Waals surface area contributed by atoms with Gasteiger partial charge in [-0.15, -0.1) is 0 Å². The Kier molecular flexibility index (Phi) is 3.91. The van der Waals surface area contributed by atoms with Crippen molar-refractivity contribution in [3.63, 3.8) is 0 Å². The first-order valence-corrected chi connectivity index (χ1v) is 5.43. The second-order valence-electron chi connectivity index (χ2n) is 4.05. The molecule has 1 rings (SSSR count). The highest BCUT2D eigenvalue weighted by Crippen LogP contribution is 2.25. The molecular formula is C11H21NO. The maximum atomic E-state index is 11.4. The summed E-state index contributed by atoms with van der Waals surface area (Å²) in [5, 5.41) is 0. The van der Waals surface area contributed by atoms with Crippen molar-refractivity contribution in [1.82, 2.24) is 4.90 Å². The van der Waals surface area contributed by atoms with E-state index in [2.05, 4.69) is 18.7 Å². The minimum absolute atomic E-state index is 0.212. The second-order valence-corrected chi connectivity index (χ2v) is 4.05. The second kappa shape index (κ2) is 4.75. The van der Waals surface area contributed by atoms with Crippen molar-refractivity contribution < 1.29 is 4.79 Å². The van der Waals surface area contributed by atoms with Crippen LogP contribution < -0.4 is 0 Å². The van der Waals surface area contributed by atoms with Gasteiger partial charge in [-0.2, -0.15) is 0 Å². The van der Waals surface area contributed by atoms with Crippen LogP contribution in [0.5, 0.6) is 0 Å². The number of Topliss-reactive ketones (excluding diaryl/α,β-unsaturated/α-hetero) is 1. The molecular weight excluding hydrogens is 162 g/mol. The molecule has 0 aromatic heterocycles. The molecule has 0 amide bonds. The van der Waals surface area contributed by atoms with E-state index in [0.717, 1.165) is 25.4 Å². The van der Waals surface area contributed by atoms with Gasteiger partial charge in [0.2, 0.25) is 0 Å². The summed E-state index contributed by atoms with van der Waals surface area (Å²) in [7, 11) is 0. The first-order chi connectivity index (χ1) is 6.19. The Morgan fingerprint density at radius 3 is 2.62 bits per heavy atom. The minimum Gasteiger partial charge on any atom is -0.298 e. The summed E-state index contributed by atoms with van der Waals surface area (Å²) in [6, 6.07) is 0.212. The fourth-order valence-corrected chi connectivity index (χ4v) is 2.26. The molecule has 1 aliphatic rings. The first kappa shape index (κ1) is 10.7. The molecule has 0 unspecified atom stereocenters. The molecule has 0 bridgehead atoms. The monoisotopic (exact) mass is 183 g/mol. The predicted molar refractivity (Wildman–Crippen MR) is 54.7 cm³/mol. The van der Waals surface area contributed by atoms with Crippen LogP contribution in [0.15, 0.2) is 0 Å². The number of likely N-dealkylation sites (tertiary alicyclic amines) is 1. The zero-order valence-electron chi connectivity index (χ0n) is 9.05. The van der Waals surface area contributed by atoms with Crippen molar-refractivity contribution in [2.24, 2.45) is 5.92 Å². The van der Waals surface area contributed by atoms with Gasteiger partial charge in [0.1, 0.15) is 5.78 Å². The van der Waals surface area contributed by atoms with E-state index in [9.17, 15) is 4.79 Å². The molecule has 2 heteroatoms. The Hall–Kier alpha value is -0.370. The zero-order valence-corrected chi connectivity index (χ0v) is 9.05. The van der Waals surface area contributed by atoms with Gasteiger partial charge in [-0.1, -0.05) is 20.3 Å². The number of nitrogens with zero attached hydrogens (tertiary/aromatic N) is 1. The average Bonchev–Trinajstić information content (AvgIpc) is 2.16. The molecule has 0 aromatic carbocycles. The quantitative estimate of drug-likeness (QED) is 0.667. The van der Waals surface area contributed by atoms with Gasteiger partial charge in [0.25, 0.3) is 0 Å². The number of hydrogen-bond donors (Lipinski definition) is 0. The highest BCUT2D eigenvalue weighted by atomic mass is 16.1. The number of likely N-dealkylation sites (N-methyl/N-ethyl adjacent to an activating group) is 1. The fraction of sp³-hybridized carbons (Fsp3) is 0.909. The molecule has 13 heavy (non-hydrogen) atoms. The highest BCUT2D eigenvalue weighted by molar-refractivity contribution is 5.81. The molecule has 2 atom stereocenters. The molecule has 1 heterocycles. The largest absolute Gasteiger partial charge is 0.298 e. The number of piperidine rings is 1. The molecule has 1 aliphatic heterocycles. The predicted octanol–water partition coefficient (Wildman–Crippen LogP) is 2.09. The lowest BCUT2D eigenvalue weighted by Gasteiger charge is -2.37. The summed E-state index contributed by atoms with van der Waals surface area (Å²) in [5.41, 5.74) is 0. The molecule has 0 saturated carbocycles. The van der Waals surface area contributed by atoms with E-state index >= 15 is 0 Å². The summed E-state index contributed by atoms with van der Waals surface area (Å²) in [4.78, 5) is 13.7. The van der Waals surface area contributed by atoms with Gasteiger partial charge in [-0.3, -0.25) is 9.69 Å². The van der Waals surface area contributed by atoms with E-state index in [1.165, 1.54) is 12.8 Å². The lowest BCUT2D eigenvalue weighted by atomic mass is 9.87. The maximum absolute atomic E-state index is 11.4. The van der Waals surface area contributed by atoms with Crippen LogP contribution in [0.3, 0.4) is 0 Å². The Morgan fingerprint density at radius 2 is 2.15 bits per heavy atom. The Labute approximate surface area is 81.3 Å². The molecule has 0 N–H and O–H groups in total. The summed E-state index contributed by atoms with van der Waals surface area (Å²) < 4.78 is 0. The van der Waals surface area contributed by atoms with Gasteiger partial charge in [-0.25, -0.2) is 0 Å². The summed E-state index contributed by atoms with van der Waals surface area (Å²) in [6.45, 7) is 8.22. The van der Waals surface area contributed by atoms with Crippen LogP contribution in [0.1, 0.15) is 40.0 Å². The topological polar surface area (TPSA) is 20.3 Å². The van der Waals surface area contributed by atoms with Crippen molar-refractivity contribution in [2.75, 3.05) is 13.1 Å². The third-order valence-electron chi connectivity index (χ3n) is 3.27. The number of hydrogen-bond acceptors (Lipinski definition) is 2. The lowest BCUT2D eigenvalue weighted by Crippen LogP contribution is -2.46. The van der Waals surface area contributed by atoms with E-state index in [1.807, 2.05) is 0 Å². The maximum Gasteiger partial charge on any atom is 0.146 e. The van der Waals surface area contributed by atoms with E-state index in [-0.39, 0.29) is 6.04 Å². The zero-order chi connectivity index (χ0) is 9.84. The number of carbonyl (C=O) groups excluding carboxylic acids is 1. The van der Waals surface area contributed by atoms with Crippen LogP contribution in [0, 0.1) is 5.92 Å². The molecule has 0 radical (unpaired) electrons. The standard InChI is InChI=1S/C11H21NO/c1-4-10-6-7-12(5-2)11(8-10)9(3)13/h10-11H,4-8H2,1-3H3/t10-,11+/m1/s1. The Balaban J connectivity index is 2.57. The summed E-state index contributed by atoms with van der Waals surface area (Å²) in [5.74, 6) is 1.12. The van der Waals surface area contributed by atoms with E-state index in [1.54, 1.807) is 6.92 Å². The van der Waals surface area contributed by atoms with Crippen LogP contribution in [0.25, 0.3) is 0 Å². The van der Waals surface area contributed by atoms with Gasteiger partial charge in [-0.05, 0) is 38.8 Å². The normalized spacial score (nSPS) is 30.4. The van der Waals surface area contributed by atoms with Crippen LogP contribution >= 0.6 is 0 Å². The molecule has 0 aromatic rings. The fourth-order valence-electron chi connectivity index (χ4n) is 2.26. The molecule has 0 aliphatic carbocycles. The minimum atomic E-state index is 0.212. The summed E-state index contributed by atoms with van der Waals surface area (Å²) >= 11 is 0. The van der Waals surface area contributed by atoms with Gasteiger partial charge >= 0.3 is 0 Å². The third kappa shape index (κ3) is 2.53. The average molecular weight is 183 g/mol. The van der Waals surface area contributed by atoms with E-state index in [0.29, 0.717) is 5.78 Å². The van der Waals surface area contributed by atoms with Gasteiger partial charge in [0.05, 0.1) is 6.04 Å². The van der Waals surface area contributed by atoms with Crippen LogP contribution in [0.2, 0.25) is 0 Å². The van der Waals surface area contributed by atoms with Crippen LogP contribution in [-0.2, 0) is 4.79 Å². The van der Waals surface area contributed by atoms with Crippen molar-refractivity contribution in [3.8, 4) is 0 Å². The number of rotatable bonds is 3. The first-order valence-electron chi connectivity index (χ1n) is 5.43. The summed E-state index contributed by atoms with van der Waals surface area (Å²) in [6.07, 6.45) is 3.58. The van der Waals surface area contributed by atoms with E-state index < -0.39 is 0 Å². The molecule has 1 fully saturated rings. The highest BCUT2D eigenvalue weighted by Gasteiger charge is 2.29. The number of ketones is 1. The lowest BCUT2D eigenvalue weighted by molar-refractivity contribution is -0.124. The van der Waals surface area contributed by atoms with Gasteiger partial charge in [0, 0.05) is 0 Å². The molecule has 76 valence electrons. The van der Waals surface area contributed by atoms with Gasteiger partial charge < -0.3 is 0 Å². The van der Waals surface area contributed by atoms with Crippen molar-refractivity contribution in [1.29, 1.82) is 0 Å². The van der Waals surface area contributed by atoms with Crippen molar-refractivity contribution >= 4 is 5.78 Å². The molecule has 0 spiro atoms. The smallest absolute Gasteiger partial charge is 0.146 e. The van der Waals surface area contributed by atoms with Crippen LogP contribution in [-0.4, -0.2) is 29.8 Å². The molecule has 1 saturated heterocycles. The number of carbonyl (C=O) groups is 1. The Bertz CT molecular complexity index is 179. The SMILES string of the molecule is CC[C@@H]1CCN(CC)[C@H](C(C)=O)C1. The Morgan fingerprint density at radius 1 is 1.46 bits per heavy atom. The van der Waals surface area contributed by atoms with Gasteiger partial charge in [0.15, 0.2) is 0 Å². The third-order valence-corrected chi connectivity index (χ3v) is 3.27.